The van der Waals surface area contributed by atoms with E-state index in [4.69, 9.17) is 4.74 Å². The Morgan fingerprint density at radius 2 is 1.74 bits per heavy atom. The van der Waals surface area contributed by atoms with Crippen LogP contribution in [0.2, 0.25) is 0 Å². The monoisotopic (exact) mass is 356 g/mol. The molecule has 1 aromatic carbocycles. The smallest absolute Gasteiger partial charge is 0.0992 e. The molecule has 0 saturated carbocycles. The highest BCUT2D eigenvalue weighted by Crippen LogP contribution is 2.31. The van der Waals surface area contributed by atoms with E-state index in [1.165, 1.54) is 11.3 Å². The van der Waals surface area contributed by atoms with Crippen LogP contribution in [0.5, 0.6) is 0 Å². The SMILES string of the molecule is c1cncc(-c2cc(-c3cccc(N4CCOCC4)c3)cn3cncc23)c1. The molecule has 0 N–H and O–H groups in total. The van der Waals surface area contributed by atoms with Crippen molar-refractivity contribution in [1.82, 2.24) is 14.4 Å². The number of ether oxygens (including phenoxy) is 1. The molecule has 4 heterocycles. The molecular formula is C22H20N4O. The molecule has 0 spiro atoms. The zero-order valence-corrected chi connectivity index (χ0v) is 15.0. The van der Waals surface area contributed by atoms with Crippen molar-refractivity contribution in [2.75, 3.05) is 31.2 Å². The van der Waals surface area contributed by atoms with Crippen LogP contribution in [0.1, 0.15) is 0 Å². The summed E-state index contributed by atoms with van der Waals surface area (Å²) in [5.74, 6) is 0. The fourth-order valence-electron chi connectivity index (χ4n) is 3.65. The second-order valence-corrected chi connectivity index (χ2v) is 6.72. The van der Waals surface area contributed by atoms with Crippen LogP contribution in [-0.4, -0.2) is 40.7 Å². The summed E-state index contributed by atoms with van der Waals surface area (Å²) in [5, 5.41) is 0. The first kappa shape index (κ1) is 16.0. The molecule has 0 atom stereocenters. The van der Waals surface area contributed by atoms with Crippen LogP contribution >= 0.6 is 0 Å². The number of hydrogen-bond donors (Lipinski definition) is 0. The number of anilines is 1. The average Bonchev–Trinajstić information content (AvgIpc) is 3.23. The summed E-state index contributed by atoms with van der Waals surface area (Å²) in [4.78, 5) is 11.0. The van der Waals surface area contributed by atoms with Crippen molar-refractivity contribution in [1.29, 1.82) is 0 Å². The second-order valence-electron chi connectivity index (χ2n) is 6.72. The number of fused-ring (bicyclic) bond motifs is 1. The van der Waals surface area contributed by atoms with E-state index in [9.17, 15) is 0 Å². The Balaban J connectivity index is 1.61. The van der Waals surface area contributed by atoms with E-state index in [2.05, 4.69) is 61.9 Å². The number of benzene rings is 1. The van der Waals surface area contributed by atoms with Gasteiger partial charge in [0.25, 0.3) is 0 Å². The molecule has 1 fully saturated rings. The number of pyridine rings is 2. The van der Waals surface area contributed by atoms with Crippen LogP contribution in [-0.2, 0) is 4.74 Å². The van der Waals surface area contributed by atoms with Gasteiger partial charge in [-0.3, -0.25) is 4.98 Å². The Kier molecular flexibility index (Phi) is 4.07. The Morgan fingerprint density at radius 3 is 2.59 bits per heavy atom. The molecule has 27 heavy (non-hydrogen) atoms. The zero-order chi connectivity index (χ0) is 18.1. The lowest BCUT2D eigenvalue weighted by Crippen LogP contribution is -2.36. The third-order valence-electron chi connectivity index (χ3n) is 5.05. The molecule has 3 aromatic heterocycles. The fraction of sp³-hybridized carbons (Fsp3) is 0.182. The first-order valence-corrected chi connectivity index (χ1v) is 9.18. The largest absolute Gasteiger partial charge is 0.378 e. The van der Waals surface area contributed by atoms with E-state index >= 15 is 0 Å². The number of nitrogens with zero attached hydrogens (tertiary/aromatic N) is 4. The van der Waals surface area contributed by atoms with Crippen LogP contribution in [0.4, 0.5) is 5.69 Å². The lowest BCUT2D eigenvalue weighted by Gasteiger charge is -2.29. The van der Waals surface area contributed by atoms with Gasteiger partial charge in [0.1, 0.15) is 0 Å². The Labute approximate surface area is 157 Å². The highest BCUT2D eigenvalue weighted by molar-refractivity contribution is 5.84. The summed E-state index contributed by atoms with van der Waals surface area (Å²) in [6.45, 7) is 3.45. The molecule has 5 heteroatoms. The summed E-state index contributed by atoms with van der Waals surface area (Å²) in [6.07, 6.45) is 9.59. The van der Waals surface area contributed by atoms with E-state index in [-0.39, 0.29) is 0 Å². The summed E-state index contributed by atoms with van der Waals surface area (Å²) in [5.41, 5.74) is 6.90. The zero-order valence-electron chi connectivity index (χ0n) is 15.0. The van der Waals surface area contributed by atoms with Gasteiger partial charge in [-0.05, 0) is 35.4 Å². The molecule has 5 nitrogen and oxygen atoms in total. The topological polar surface area (TPSA) is 42.7 Å². The molecule has 134 valence electrons. The van der Waals surface area contributed by atoms with Gasteiger partial charge in [-0.1, -0.05) is 18.2 Å². The van der Waals surface area contributed by atoms with E-state index in [0.29, 0.717) is 0 Å². The average molecular weight is 356 g/mol. The van der Waals surface area contributed by atoms with Crippen molar-refractivity contribution >= 4 is 11.2 Å². The first-order chi connectivity index (χ1) is 13.4. The van der Waals surface area contributed by atoms with Gasteiger partial charge >= 0.3 is 0 Å². The van der Waals surface area contributed by atoms with Crippen molar-refractivity contribution in [2.45, 2.75) is 0 Å². The van der Waals surface area contributed by atoms with Crippen molar-refractivity contribution in [3.05, 3.63) is 73.6 Å². The van der Waals surface area contributed by atoms with Crippen molar-refractivity contribution in [2.24, 2.45) is 0 Å². The van der Waals surface area contributed by atoms with E-state index in [1.807, 2.05) is 24.8 Å². The number of imidazole rings is 1. The molecule has 1 aliphatic heterocycles. The third-order valence-corrected chi connectivity index (χ3v) is 5.05. The third kappa shape index (κ3) is 3.06. The summed E-state index contributed by atoms with van der Waals surface area (Å²) < 4.78 is 7.56. The van der Waals surface area contributed by atoms with E-state index in [0.717, 1.165) is 48.5 Å². The van der Waals surface area contributed by atoms with Crippen molar-refractivity contribution in [3.63, 3.8) is 0 Å². The van der Waals surface area contributed by atoms with Crippen LogP contribution in [0.15, 0.2) is 73.6 Å². The van der Waals surface area contributed by atoms with Gasteiger partial charge in [0.05, 0.1) is 31.3 Å². The maximum Gasteiger partial charge on any atom is 0.0992 e. The summed E-state index contributed by atoms with van der Waals surface area (Å²) in [7, 11) is 0. The minimum absolute atomic E-state index is 0.788. The highest BCUT2D eigenvalue weighted by atomic mass is 16.5. The minimum atomic E-state index is 0.788. The van der Waals surface area contributed by atoms with Crippen LogP contribution in [0, 0.1) is 0 Å². The number of morpholine rings is 1. The maximum absolute atomic E-state index is 5.48. The minimum Gasteiger partial charge on any atom is -0.378 e. The van der Waals surface area contributed by atoms with Crippen LogP contribution in [0.25, 0.3) is 27.8 Å². The Bertz CT molecular complexity index is 1070. The predicted molar refractivity (Wildman–Crippen MR) is 107 cm³/mol. The van der Waals surface area contributed by atoms with Gasteiger partial charge in [-0.15, -0.1) is 0 Å². The quantitative estimate of drug-likeness (QED) is 0.558. The molecule has 5 rings (SSSR count). The first-order valence-electron chi connectivity index (χ1n) is 9.18. The number of aromatic nitrogens is 3. The lowest BCUT2D eigenvalue weighted by atomic mass is 10.0. The lowest BCUT2D eigenvalue weighted by molar-refractivity contribution is 0.122. The molecule has 0 radical (unpaired) electrons. The normalized spacial score (nSPS) is 14.6. The molecule has 1 aliphatic rings. The van der Waals surface area contributed by atoms with Crippen molar-refractivity contribution in [3.8, 4) is 22.3 Å². The van der Waals surface area contributed by atoms with Gasteiger partial charge in [-0.2, -0.15) is 0 Å². The predicted octanol–water partition coefficient (Wildman–Crippen LogP) is 3.90. The van der Waals surface area contributed by atoms with Crippen LogP contribution in [0.3, 0.4) is 0 Å². The number of rotatable bonds is 3. The van der Waals surface area contributed by atoms with Gasteiger partial charge in [0.2, 0.25) is 0 Å². The molecule has 1 saturated heterocycles. The standard InChI is InChI=1S/C22H20N4O/c1-3-17(11-20(5-1)25-7-9-27-10-8-25)19-12-21(18-4-2-6-23-13-18)22-14-24-16-26(22)15-19/h1-6,11-16H,7-10H2. The molecular weight excluding hydrogens is 336 g/mol. The maximum atomic E-state index is 5.48. The molecule has 0 aliphatic carbocycles. The van der Waals surface area contributed by atoms with E-state index in [1.54, 1.807) is 6.20 Å². The van der Waals surface area contributed by atoms with E-state index < -0.39 is 0 Å². The Hall–Kier alpha value is -3.18. The summed E-state index contributed by atoms with van der Waals surface area (Å²) in [6, 6.07) is 15.0. The molecule has 0 unspecified atom stereocenters. The molecule has 0 bridgehead atoms. The number of hydrogen-bond acceptors (Lipinski definition) is 4. The van der Waals surface area contributed by atoms with Gasteiger partial charge in [0.15, 0.2) is 0 Å². The van der Waals surface area contributed by atoms with Gasteiger partial charge in [-0.25, -0.2) is 4.98 Å². The highest BCUT2D eigenvalue weighted by Gasteiger charge is 2.13. The van der Waals surface area contributed by atoms with Crippen molar-refractivity contribution < 1.29 is 4.74 Å². The molecule has 4 aromatic rings. The fourth-order valence-corrected chi connectivity index (χ4v) is 3.65. The van der Waals surface area contributed by atoms with Gasteiger partial charge < -0.3 is 14.0 Å². The van der Waals surface area contributed by atoms with Gasteiger partial charge in [0, 0.05) is 48.5 Å². The second kappa shape index (κ2) is 6.85. The summed E-state index contributed by atoms with van der Waals surface area (Å²) >= 11 is 0. The molecule has 0 amide bonds. The Morgan fingerprint density at radius 1 is 0.852 bits per heavy atom. The van der Waals surface area contributed by atoms with Crippen LogP contribution < -0.4 is 4.90 Å².